The normalized spacial score (nSPS) is 15.8. The lowest BCUT2D eigenvalue weighted by Gasteiger charge is -2.13. The van der Waals surface area contributed by atoms with Gasteiger partial charge in [-0.25, -0.2) is 18.4 Å². The van der Waals surface area contributed by atoms with Gasteiger partial charge in [0.25, 0.3) is 15.9 Å². The third-order valence-electron chi connectivity index (χ3n) is 5.21. The molecule has 2 aromatic carbocycles. The molecule has 1 saturated heterocycles. The molecule has 1 aliphatic rings. The fourth-order valence-electron chi connectivity index (χ4n) is 3.62. The fourth-order valence-corrected chi connectivity index (χ4v) is 5.73. The zero-order chi connectivity index (χ0) is 24.1. The fraction of sp³-hybridized carbons (Fsp3) is 0.292. The summed E-state index contributed by atoms with van der Waals surface area (Å²) in [4.78, 5) is 22.1. The van der Waals surface area contributed by atoms with Gasteiger partial charge < -0.3 is 10.1 Å². The van der Waals surface area contributed by atoms with E-state index in [2.05, 4.69) is 20.0 Å². The van der Waals surface area contributed by atoms with Crippen LogP contribution in [0.15, 0.2) is 64.4 Å². The molecule has 4 rings (SSSR count). The number of carbonyl (C=O) groups excluding carboxylic acids is 1. The summed E-state index contributed by atoms with van der Waals surface area (Å²) < 4.78 is 33.6. The van der Waals surface area contributed by atoms with Crippen LogP contribution in [0.2, 0.25) is 0 Å². The maximum atomic E-state index is 12.9. The molecular weight excluding hydrogens is 472 g/mol. The first-order valence-electron chi connectivity index (χ1n) is 10.9. The third kappa shape index (κ3) is 6.13. The summed E-state index contributed by atoms with van der Waals surface area (Å²) in [7, 11) is -3.83. The Hall–Kier alpha value is -2.95. The molecule has 1 aromatic heterocycles. The van der Waals surface area contributed by atoms with Gasteiger partial charge in [0.1, 0.15) is 11.6 Å². The summed E-state index contributed by atoms with van der Waals surface area (Å²) in [6, 6.07) is 15.0. The Morgan fingerprint density at radius 3 is 2.59 bits per heavy atom. The minimum absolute atomic E-state index is 0.0620. The van der Waals surface area contributed by atoms with Gasteiger partial charge in [0.2, 0.25) is 0 Å². The van der Waals surface area contributed by atoms with Crippen molar-refractivity contribution in [2.45, 2.75) is 42.6 Å². The van der Waals surface area contributed by atoms with Gasteiger partial charge >= 0.3 is 0 Å². The number of aryl methyl sites for hydroxylation is 2. The summed E-state index contributed by atoms with van der Waals surface area (Å²) in [5.41, 5.74) is 1.73. The predicted octanol–water partition coefficient (Wildman–Crippen LogP) is 4.42. The van der Waals surface area contributed by atoms with Crippen LogP contribution in [0.25, 0.3) is 0 Å². The first-order chi connectivity index (χ1) is 16.3. The third-order valence-corrected chi connectivity index (χ3v) is 7.78. The van der Waals surface area contributed by atoms with E-state index in [-0.39, 0.29) is 22.7 Å². The number of thioether (sulfide) groups is 1. The SMILES string of the molecule is Cc1cc(NS(=O)(=O)c2ccc(NC(=O)c3ccccc3SC[C@H]3CCCO3)cc2)nc(C)n1. The van der Waals surface area contributed by atoms with Crippen LogP contribution in [0.4, 0.5) is 11.5 Å². The van der Waals surface area contributed by atoms with Gasteiger partial charge in [0.15, 0.2) is 0 Å². The Bertz CT molecular complexity index is 1250. The van der Waals surface area contributed by atoms with E-state index < -0.39 is 10.0 Å². The zero-order valence-electron chi connectivity index (χ0n) is 18.9. The molecule has 8 nitrogen and oxygen atoms in total. The standard InChI is InChI=1S/C24H26N4O4S2/c1-16-14-23(26-17(2)25-16)28-34(30,31)20-11-9-18(10-12-20)27-24(29)21-7-3-4-8-22(21)33-15-19-6-5-13-32-19/h3-4,7-12,14,19H,5-6,13,15H2,1-2H3,(H,27,29)(H,25,26,28)/t19-/m1/s1. The summed E-state index contributed by atoms with van der Waals surface area (Å²) in [6.07, 6.45) is 2.34. The number of hydrogen-bond donors (Lipinski definition) is 2. The first kappa shape index (κ1) is 24.2. The van der Waals surface area contributed by atoms with Crippen LogP contribution in [-0.4, -0.2) is 42.8 Å². The smallest absolute Gasteiger partial charge is 0.263 e. The van der Waals surface area contributed by atoms with Crippen LogP contribution in [0.1, 0.15) is 34.7 Å². The molecule has 2 heterocycles. The second kappa shape index (κ2) is 10.5. The minimum atomic E-state index is -3.83. The lowest BCUT2D eigenvalue weighted by Crippen LogP contribution is -2.16. The Morgan fingerprint density at radius 1 is 1.12 bits per heavy atom. The molecule has 1 fully saturated rings. The predicted molar refractivity (Wildman–Crippen MR) is 133 cm³/mol. The molecule has 178 valence electrons. The number of rotatable bonds is 8. The van der Waals surface area contributed by atoms with Crippen molar-refractivity contribution in [2.75, 3.05) is 22.4 Å². The van der Waals surface area contributed by atoms with Crippen molar-refractivity contribution < 1.29 is 17.9 Å². The molecule has 0 radical (unpaired) electrons. The maximum absolute atomic E-state index is 12.9. The quantitative estimate of drug-likeness (QED) is 0.443. The number of anilines is 2. The second-order valence-corrected chi connectivity index (χ2v) is 10.7. The number of nitrogens with one attached hydrogen (secondary N) is 2. The molecule has 0 aliphatic carbocycles. The Balaban J connectivity index is 1.43. The lowest BCUT2D eigenvalue weighted by atomic mass is 10.2. The van der Waals surface area contributed by atoms with Crippen molar-refractivity contribution in [1.29, 1.82) is 0 Å². The summed E-state index contributed by atoms with van der Waals surface area (Å²) in [5, 5.41) is 2.85. The number of aromatic nitrogens is 2. The summed E-state index contributed by atoms with van der Waals surface area (Å²) in [6.45, 7) is 4.26. The molecule has 2 N–H and O–H groups in total. The zero-order valence-corrected chi connectivity index (χ0v) is 20.6. The second-order valence-electron chi connectivity index (χ2n) is 7.97. The monoisotopic (exact) mass is 498 g/mol. The van der Waals surface area contributed by atoms with Gasteiger partial charge in [-0.1, -0.05) is 12.1 Å². The number of carbonyl (C=O) groups is 1. The number of ether oxygens (including phenoxy) is 1. The highest BCUT2D eigenvalue weighted by atomic mass is 32.2. The van der Waals surface area contributed by atoms with Crippen molar-refractivity contribution in [2.24, 2.45) is 0 Å². The largest absolute Gasteiger partial charge is 0.377 e. The average molecular weight is 499 g/mol. The van der Waals surface area contributed by atoms with E-state index in [4.69, 9.17) is 4.74 Å². The minimum Gasteiger partial charge on any atom is -0.377 e. The number of hydrogen-bond acceptors (Lipinski definition) is 7. The number of sulfonamides is 1. The van der Waals surface area contributed by atoms with Gasteiger partial charge in [-0.2, -0.15) is 0 Å². The average Bonchev–Trinajstić information content (AvgIpc) is 3.31. The van der Waals surface area contributed by atoms with E-state index in [0.717, 1.165) is 30.1 Å². The summed E-state index contributed by atoms with van der Waals surface area (Å²) >= 11 is 1.61. The molecule has 0 saturated carbocycles. The van der Waals surface area contributed by atoms with Crippen molar-refractivity contribution in [3.05, 3.63) is 71.7 Å². The molecular formula is C24H26N4O4S2. The summed E-state index contributed by atoms with van der Waals surface area (Å²) in [5.74, 6) is 1.23. The van der Waals surface area contributed by atoms with Gasteiger partial charge in [0.05, 0.1) is 16.6 Å². The molecule has 3 aromatic rings. The molecule has 10 heteroatoms. The molecule has 0 bridgehead atoms. The van der Waals surface area contributed by atoms with Gasteiger partial charge in [-0.05, 0) is 63.1 Å². The van der Waals surface area contributed by atoms with Crippen molar-refractivity contribution in [3.63, 3.8) is 0 Å². The van der Waals surface area contributed by atoms with E-state index in [1.807, 2.05) is 18.2 Å². The van der Waals surface area contributed by atoms with Gasteiger partial charge in [-0.3, -0.25) is 9.52 Å². The van der Waals surface area contributed by atoms with Crippen LogP contribution >= 0.6 is 11.8 Å². The molecule has 0 unspecified atom stereocenters. The van der Waals surface area contributed by atoms with E-state index >= 15 is 0 Å². The molecule has 1 aliphatic heterocycles. The first-order valence-corrected chi connectivity index (χ1v) is 13.4. The van der Waals surface area contributed by atoms with Gasteiger partial charge in [-0.15, -0.1) is 11.8 Å². The highest BCUT2D eigenvalue weighted by Crippen LogP contribution is 2.27. The maximum Gasteiger partial charge on any atom is 0.263 e. The van der Waals surface area contributed by atoms with Crippen molar-refractivity contribution in [1.82, 2.24) is 9.97 Å². The topological polar surface area (TPSA) is 110 Å². The van der Waals surface area contributed by atoms with E-state index in [0.29, 0.717) is 22.8 Å². The Labute approximate surface area is 203 Å². The Morgan fingerprint density at radius 2 is 1.88 bits per heavy atom. The Kier molecular flexibility index (Phi) is 7.50. The van der Waals surface area contributed by atoms with Crippen LogP contribution in [0, 0.1) is 13.8 Å². The van der Waals surface area contributed by atoms with E-state index in [1.165, 1.54) is 12.1 Å². The highest BCUT2D eigenvalue weighted by molar-refractivity contribution is 7.99. The number of nitrogens with zero attached hydrogens (tertiary/aromatic N) is 2. The molecule has 0 spiro atoms. The molecule has 1 amide bonds. The number of benzene rings is 2. The lowest BCUT2D eigenvalue weighted by molar-refractivity contribution is 0.102. The van der Waals surface area contributed by atoms with Crippen LogP contribution in [0.3, 0.4) is 0 Å². The molecule has 34 heavy (non-hydrogen) atoms. The number of amides is 1. The van der Waals surface area contributed by atoms with Crippen molar-refractivity contribution >= 4 is 39.2 Å². The highest BCUT2D eigenvalue weighted by Gasteiger charge is 2.19. The molecule has 1 atom stereocenters. The van der Waals surface area contributed by atoms with E-state index in [1.54, 1.807) is 49.9 Å². The van der Waals surface area contributed by atoms with Gasteiger partial charge in [0, 0.05) is 34.7 Å². The van der Waals surface area contributed by atoms with Crippen LogP contribution in [0.5, 0.6) is 0 Å². The van der Waals surface area contributed by atoms with Crippen LogP contribution in [-0.2, 0) is 14.8 Å². The van der Waals surface area contributed by atoms with Crippen molar-refractivity contribution in [3.8, 4) is 0 Å². The van der Waals surface area contributed by atoms with E-state index in [9.17, 15) is 13.2 Å². The van der Waals surface area contributed by atoms with Crippen LogP contribution < -0.4 is 10.0 Å².